The first-order valence-electron chi connectivity index (χ1n) is 22.2. The first-order chi connectivity index (χ1) is 25.6. The SMILES string of the molecule is CC/C=C\C/C=C\C/C=C\C/C=C\CCCOCC(COC(=O)CCCCCCCCCCCCCCCCC)OC(=O)CCCCCCCCC. The van der Waals surface area contributed by atoms with Crippen LogP contribution in [0.15, 0.2) is 48.6 Å². The van der Waals surface area contributed by atoms with Crippen LogP contribution in [0.4, 0.5) is 0 Å². The number of esters is 2. The second-order valence-electron chi connectivity index (χ2n) is 14.6. The molecule has 0 aromatic heterocycles. The molecule has 0 heterocycles. The first kappa shape index (κ1) is 49.9. The second kappa shape index (κ2) is 43.3. The molecule has 0 bridgehead atoms. The third kappa shape index (κ3) is 40.6. The molecule has 0 aliphatic carbocycles. The highest BCUT2D eigenvalue weighted by molar-refractivity contribution is 5.70. The Morgan fingerprint density at radius 1 is 0.442 bits per heavy atom. The minimum Gasteiger partial charge on any atom is -0.462 e. The van der Waals surface area contributed by atoms with Gasteiger partial charge in [-0.15, -0.1) is 0 Å². The highest BCUT2D eigenvalue weighted by Gasteiger charge is 2.17. The van der Waals surface area contributed by atoms with Crippen LogP contribution >= 0.6 is 0 Å². The molecule has 0 aromatic rings. The van der Waals surface area contributed by atoms with E-state index in [0.29, 0.717) is 19.4 Å². The van der Waals surface area contributed by atoms with E-state index in [4.69, 9.17) is 14.2 Å². The molecule has 0 aliphatic rings. The molecule has 0 N–H and O–H groups in total. The van der Waals surface area contributed by atoms with Gasteiger partial charge in [0.1, 0.15) is 6.61 Å². The van der Waals surface area contributed by atoms with Crippen LogP contribution in [0.3, 0.4) is 0 Å². The summed E-state index contributed by atoms with van der Waals surface area (Å²) in [5.41, 5.74) is 0. The summed E-state index contributed by atoms with van der Waals surface area (Å²) in [6.45, 7) is 7.55. The third-order valence-corrected chi connectivity index (χ3v) is 9.38. The van der Waals surface area contributed by atoms with Crippen molar-refractivity contribution in [2.75, 3.05) is 19.8 Å². The van der Waals surface area contributed by atoms with Crippen molar-refractivity contribution in [3.63, 3.8) is 0 Å². The van der Waals surface area contributed by atoms with E-state index in [1.54, 1.807) is 0 Å². The molecule has 0 saturated carbocycles. The predicted molar refractivity (Wildman–Crippen MR) is 224 cm³/mol. The summed E-state index contributed by atoms with van der Waals surface area (Å²) >= 11 is 0. The lowest BCUT2D eigenvalue weighted by molar-refractivity contribution is -0.163. The highest BCUT2D eigenvalue weighted by atomic mass is 16.6. The number of allylic oxidation sites excluding steroid dienone is 8. The number of hydrogen-bond donors (Lipinski definition) is 0. The van der Waals surface area contributed by atoms with Crippen LogP contribution in [-0.2, 0) is 23.8 Å². The van der Waals surface area contributed by atoms with E-state index in [-0.39, 0.29) is 25.2 Å². The lowest BCUT2D eigenvalue weighted by Gasteiger charge is -2.18. The van der Waals surface area contributed by atoms with Gasteiger partial charge in [0.05, 0.1) is 6.61 Å². The van der Waals surface area contributed by atoms with Gasteiger partial charge in [-0.1, -0.05) is 198 Å². The molecule has 0 aliphatic heterocycles. The van der Waals surface area contributed by atoms with E-state index in [9.17, 15) is 9.59 Å². The van der Waals surface area contributed by atoms with E-state index < -0.39 is 6.10 Å². The summed E-state index contributed by atoms with van der Waals surface area (Å²) in [6, 6.07) is 0. The topological polar surface area (TPSA) is 61.8 Å². The first-order valence-corrected chi connectivity index (χ1v) is 22.2. The summed E-state index contributed by atoms with van der Waals surface area (Å²) in [5, 5.41) is 0. The quantitative estimate of drug-likeness (QED) is 0.0357. The van der Waals surface area contributed by atoms with Gasteiger partial charge in [0.25, 0.3) is 0 Å². The maximum absolute atomic E-state index is 12.6. The molecular weight excluding hydrogens is 645 g/mol. The Hall–Kier alpha value is -2.14. The standard InChI is InChI=1S/C47H84O5/c1-4-7-10-13-16-18-20-22-24-25-27-29-32-34-37-40-46(48)51-44-45(52-47(49)41-38-35-31-15-12-9-6-3)43-50-42-39-36-33-30-28-26-23-21-19-17-14-11-8-5-2/h8,11,17,19,23,26,30,33,45H,4-7,9-10,12-16,18,20-22,24-25,27-29,31-32,34-44H2,1-3H3/b11-8-,19-17-,26-23-,33-30-. The van der Waals surface area contributed by atoms with Crippen molar-refractivity contribution in [2.45, 2.75) is 219 Å². The molecule has 1 atom stereocenters. The normalized spacial score (nSPS) is 12.6. The molecule has 5 heteroatoms. The van der Waals surface area contributed by atoms with Crippen molar-refractivity contribution >= 4 is 11.9 Å². The molecule has 0 saturated heterocycles. The van der Waals surface area contributed by atoms with Gasteiger partial charge in [-0.05, 0) is 51.4 Å². The molecule has 5 nitrogen and oxygen atoms in total. The summed E-state index contributed by atoms with van der Waals surface area (Å²) in [4.78, 5) is 25.1. The highest BCUT2D eigenvalue weighted by Crippen LogP contribution is 2.14. The summed E-state index contributed by atoms with van der Waals surface area (Å²) < 4.78 is 17.2. The van der Waals surface area contributed by atoms with Crippen molar-refractivity contribution in [3.05, 3.63) is 48.6 Å². The number of unbranched alkanes of at least 4 members (excludes halogenated alkanes) is 21. The van der Waals surface area contributed by atoms with Gasteiger partial charge >= 0.3 is 11.9 Å². The van der Waals surface area contributed by atoms with E-state index in [1.807, 2.05) is 0 Å². The number of rotatable bonds is 40. The van der Waals surface area contributed by atoms with Gasteiger partial charge in [0.2, 0.25) is 0 Å². The van der Waals surface area contributed by atoms with Crippen LogP contribution in [0.2, 0.25) is 0 Å². The van der Waals surface area contributed by atoms with Gasteiger partial charge in [-0.3, -0.25) is 9.59 Å². The fourth-order valence-electron chi connectivity index (χ4n) is 6.10. The molecule has 1 unspecified atom stereocenters. The lowest BCUT2D eigenvalue weighted by Crippen LogP contribution is -2.30. The molecule has 0 spiro atoms. The number of carbonyl (C=O) groups is 2. The second-order valence-corrected chi connectivity index (χ2v) is 14.6. The molecule has 0 rings (SSSR count). The molecule has 0 radical (unpaired) electrons. The van der Waals surface area contributed by atoms with E-state index in [2.05, 4.69) is 69.4 Å². The maximum Gasteiger partial charge on any atom is 0.306 e. The fourth-order valence-corrected chi connectivity index (χ4v) is 6.10. The Morgan fingerprint density at radius 3 is 1.31 bits per heavy atom. The van der Waals surface area contributed by atoms with E-state index >= 15 is 0 Å². The van der Waals surface area contributed by atoms with Crippen molar-refractivity contribution in [1.82, 2.24) is 0 Å². The van der Waals surface area contributed by atoms with Crippen molar-refractivity contribution in [2.24, 2.45) is 0 Å². The zero-order valence-corrected chi connectivity index (χ0v) is 34.6. The van der Waals surface area contributed by atoms with Gasteiger partial charge in [-0.2, -0.15) is 0 Å². The van der Waals surface area contributed by atoms with E-state index in [1.165, 1.54) is 109 Å². The van der Waals surface area contributed by atoms with Gasteiger partial charge in [0, 0.05) is 19.4 Å². The minimum absolute atomic E-state index is 0.0667. The predicted octanol–water partition coefficient (Wildman–Crippen LogP) is 14.4. The zero-order chi connectivity index (χ0) is 37.8. The summed E-state index contributed by atoms with van der Waals surface area (Å²) in [5.74, 6) is -0.428. The monoisotopic (exact) mass is 729 g/mol. The summed E-state index contributed by atoms with van der Waals surface area (Å²) in [6.07, 6.45) is 51.3. The van der Waals surface area contributed by atoms with Crippen molar-refractivity contribution < 1.29 is 23.8 Å². The van der Waals surface area contributed by atoms with Gasteiger partial charge in [-0.25, -0.2) is 0 Å². The van der Waals surface area contributed by atoms with Crippen LogP contribution in [0, 0.1) is 0 Å². The average molecular weight is 729 g/mol. The van der Waals surface area contributed by atoms with Crippen molar-refractivity contribution in [1.29, 1.82) is 0 Å². The molecule has 0 aromatic carbocycles. The molecule has 52 heavy (non-hydrogen) atoms. The van der Waals surface area contributed by atoms with Gasteiger partial charge in [0.15, 0.2) is 6.10 Å². The maximum atomic E-state index is 12.6. The van der Waals surface area contributed by atoms with Crippen LogP contribution < -0.4 is 0 Å². The van der Waals surface area contributed by atoms with Gasteiger partial charge < -0.3 is 14.2 Å². The summed E-state index contributed by atoms with van der Waals surface area (Å²) in [7, 11) is 0. The smallest absolute Gasteiger partial charge is 0.306 e. The van der Waals surface area contributed by atoms with Crippen LogP contribution in [0.1, 0.15) is 213 Å². The Balaban J connectivity index is 4.22. The molecule has 0 amide bonds. The van der Waals surface area contributed by atoms with Crippen LogP contribution in [0.25, 0.3) is 0 Å². The minimum atomic E-state index is -0.556. The third-order valence-electron chi connectivity index (χ3n) is 9.38. The average Bonchev–Trinajstić information content (AvgIpc) is 3.14. The molecule has 0 fully saturated rings. The van der Waals surface area contributed by atoms with Crippen LogP contribution in [0.5, 0.6) is 0 Å². The number of hydrogen-bond acceptors (Lipinski definition) is 5. The number of ether oxygens (including phenoxy) is 3. The van der Waals surface area contributed by atoms with Crippen LogP contribution in [-0.4, -0.2) is 37.9 Å². The number of carbonyl (C=O) groups excluding carboxylic acids is 2. The molecule has 302 valence electrons. The Kier molecular flexibility index (Phi) is 41.5. The lowest BCUT2D eigenvalue weighted by atomic mass is 10.0. The fraction of sp³-hybridized carbons (Fsp3) is 0.787. The Labute approximate surface area is 322 Å². The van der Waals surface area contributed by atoms with Crippen molar-refractivity contribution in [3.8, 4) is 0 Å². The zero-order valence-electron chi connectivity index (χ0n) is 34.6. The molecular formula is C47H84O5. The largest absolute Gasteiger partial charge is 0.462 e. The Morgan fingerprint density at radius 2 is 0.846 bits per heavy atom. The van der Waals surface area contributed by atoms with E-state index in [0.717, 1.165) is 70.6 Å². The Bertz CT molecular complexity index is 873.